The van der Waals surface area contributed by atoms with Crippen LogP contribution < -0.4 is 5.32 Å². The van der Waals surface area contributed by atoms with Crippen LogP contribution in [0.15, 0.2) is 97.1 Å². The lowest BCUT2D eigenvalue weighted by molar-refractivity contribution is 0.814. The molecule has 1 unspecified atom stereocenters. The molecular weight excluding hydrogens is 436 g/mol. The van der Waals surface area contributed by atoms with E-state index < -0.39 is 0 Å². The fourth-order valence-electron chi connectivity index (χ4n) is 4.22. The summed E-state index contributed by atoms with van der Waals surface area (Å²) < 4.78 is 0. The van der Waals surface area contributed by atoms with Gasteiger partial charge >= 0.3 is 0 Å². The summed E-state index contributed by atoms with van der Waals surface area (Å²) in [5.74, 6) is 0.854. The zero-order chi connectivity index (χ0) is 26.5. The van der Waals surface area contributed by atoms with Crippen molar-refractivity contribution in [1.29, 1.82) is 0 Å². The molecule has 0 fully saturated rings. The van der Waals surface area contributed by atoms with Gasteiger partial charge in [0.2, 0.25) is 0 Å². The summed E-state index contributed by atoms with van der Waals surface area (Å²) in [4.78, 5) is 5.10. The third-order valence-corrected chi connectivity index (χ3v) is 5.93. The van der Waals surface area contributed by atoms with Crippen LogP contribution in [0.4, 0.5) is 5.69 Å². The Morgan fingerprint density at radius 2 is 1.06 bits per heavy atom. The van der Waals surface area contributed by atoms with Crippen LogP contribution in [-0.2, 0) is 0 Å². The number of para-hydroxylation sites is 1. The number of nitrogens with zero attached hydrogens (tertiary/aromatic N) is 1. The van der Waals surface area contributed by atoms with E-state index in [1.165, 1.54) is 22.4 Å². The molecule has 2 heteroatoms. The van der Waals surface area contributed by atoms with E-state index in [2.05, 4.69) is 124 Å². The minimum Gasteiger partial charge on any atom is -0.372 e. The summed E-state index contributed by atoms with van der Waals surface area (Å²) in [5.41, 5.74) is 8.27. The zero-order valence-electron chi connectivity index (χ0n) is 23.4. The van der Waals surface area contributed by atoms with E-state index in [0.717, 1.165) is 17.0 Å². The minimum atomic E-state index is -0.0442. The van der Waals surface area contributed by atoms with Gasteiger partial charge in [-0.2, -0.15) is 0 Å². The first kappa shape index (κ1) is 28.8. The molecule has 36 heavy (non-hydrogen) atoms. The largest absolute Gasteiger partial charge is 0.372 e. The Balaban J connectivity index is 0.00000109. The predicted molar refractivity (Wildman–Crippen MR) is 159 cm³/mol. The normalized spacial score (nSPS) is 11.2. The number of anilines is 1. The predicted octanol–water partition coefficient (Wildman–Crippen LogP) is 10.2. The summed E-state index contributed by atoms with van der Waals surface area (Å²) in [7, 11) is 0. The second-order valence-corrected chi connectivity index (χ2v) is 8.92. The first-order valence-electron chi connectivity index (χ1n) is 13.5. The summed E-state index contributed by atoms with van der Waals surface area (Å²) >= 11 is 0. The molecule has 0 aliphatic carbocycles. The highest BCUT2D eigenvalue weighted by atomic mass is 15.0. The third kappa shape index (κ3) is 7.31. The molecule has 2 nitrogen and oxygen atoms in total. The van der Waals surface area contributed by atoms with Crippen LogP contribution in [0.1, 0.15) is 95.7 Å². The smallest absolute Gasteiger partial charge is 0.0940 e. The van der Waals surface area contributed by atoms with E-state index in [0.29, 0.717) is 11.8 Å². The molecule has 0 amide bonds. The second-order valence-electron chi connectivity index (χ2n) is 8.92. The standard InChI is InChI=1S/C30H32N2.2C2H6/c1-21(2)25-17-11-18-26(22(3)4)30(25)32-29(24-15-9-6-10-16-24)28-20-12-19-27(31-28)23-13-7-5-8-14-23;2*1-2/h5-22,29,32H,1-4H3;2*1-2H3. The Morgan fingerprint density at radius 1 is 0.556 bits per heavy atom. The van der Waals surface area contributed by atoms with Gasteiger partial charge in [0, 0.05) is 11.3 Å². The van der Waals surface area contributed by atoms with Crippen molar-refractivity contribution in [3.8, 4) is 11.3 Å². The van der Waals surface area contributed by atoms with Gasteiger partial charge in [-0.3, -0.25) is 4.98 Å². The Hall–Kier alpha value is -3.39. The number of hydrogen-bond donors (Lipinski definition) is 1. The average Bonchev–Trinajstić information content (AvgIpc) is 2.94. The lowest BCUT2D eigenvalue weighted by atomic mass is 9.91. The van der Waals surface area contributed by atoms with E-state index >= 15 is 0 Å². The molecule has 0 spiro atoms. The number of aromatic nitrogens is 1. The van der Waals surface area contributed by atoms with Crippen LogP contribution in [0.5, 0.6) is 0 Å². The average molecular weight is 481 g/mol. The molecule has 1 aromatic heterocycles. The van der Waals surface area contributed by atoms with Crippen LogP contribution in [0.3, 0.4) is 0 Å². The van der Waals surface area contributed by atoms with Gasteiger partial charge in [-0.1, -0.05) is 140 Å². The van der Waals surface area contributed by atoms with E-state index in [-0.39, 0.29) is 6.04 Å². The van der Waals surface area contributed by atoms with Crippen molar-refractivity contribution in [3.63, 3.8) is 0 Å². The van der Waals surface area contributed by atoms with E-state index in [4.69, 9.17) is 4.98 Å². The first-order chi connectivity index (χ1) is 17.5. The van der Waals surface area contributed by atoms with Crippen LogP contribution in [0.2, 0.25) is 0 Å². The van der Waals surface area contributed by atoms with Crippen molar-refractivity contribution >= 4 is 5.69 Å². The molecule has 1 N–H and O–H groups in total. The molecule has 0 saturated carbocycles. The molecule has 3 aromatic carbocycles. The molecule has 0 saturated heterocycles. The number of nitrogens with one attached hydrogen (secondary N) is 1. The van der Waals surface area contributed by atoms with E-state index in [1.807, 2.05) is 33.8 Å². The van der Waals surface area contributed by atoms with Crippen LogP contribution in [0.25, 0.3) is 11.3 Å². The van der Waals surface area contributed by atoms with Crippen molar-refractivity contribution < 1.29 is 0 Å². The molecule has 190 valence electrons. The van der Waals surface area contributed by atoms with Gasteiger partial charge in [-0.15, -0.1) is 0 Å². The Kier molecular flexibility index (Phi) is 11.9. The molecule has 4 aromatic rings. The van der Waals surface area contributed by atoms with Gasteiger partial charge in [0.1, 0.15) is 0 Å². The molecule has 0 aliphatic rings. The maximum atomic E-state index is 5.10. The van der Waals surface area contributed by atoms with Crippen molar-refractivity contribution in [3.05, 3.63) is 119 Å². The maximum Gasteiger partial charge on any atom is 0.0940 e. The molecule has 4 rings (SSSR count). The first-order valence-corrected chi connectivity index (χ1v) is 13.5. The van der Waals surface area contributed by atoms with Crippen molar-refractivity contribution in [2.24, 2.45) is 0 Å². The topological polar surface area (TPSA) is 24.9 Å². The van der Waals surface area contributed by atoms with Crippen molar-refractivity contribution in [1.82, 2.24) is 4.98 Å². The van der Waals surface area contributed by atoms with Gasteiger partial charge < -0.3 is 5.32 Å². The van der Waals surface area contributed by atoms with Crippen LogP contribution >= 0.6 is 0 Å². The third-order valence-electron chi connectivity index (χ3n) is 5.93. The quantitative estimate of drug-likeness (QED) is 0.284. The molecule has 0 bridgehead atoms. The Bertz CT molecular complexity index is 1120. The SMILES string of the molecule is CC.CC.CC(C)c1cccc(C(C)C)c1NC(c1ccccc1)c1cccc(-c2ccccc2)n1. The highest BCUT2D eigenvalue weighted by Gasteiger charge is 2.21. The van der Waals surface area contributed by atoms with Crippen molar-refractivity contribution in [2.75, 3.05) is 5.32 Å². The van der Waals surface area contributed by atoms with Gasteiger partial charge in [-0.05, 0) is 40.7 Å². The molecule has 1 heterocycles. The highest BCUT2D eigenvalue weighted by molar-refractivity contribution is 5.63. The second kappa shape index (κ2) is 14.9. The van der Waals surface area contributed by atoms with Gasteiger partial charge in [0.05, 0.1) is 17.4 Å². The molecule has 0 radical (unpaired) electrons. The van der Waals surface area contributed by atoms with Crippen LogP contribution in [0, 0.1) is 0 Å². The van der Waals surface area contributed by atoms with E-state index in [9.17, 15) is 0 Å². The van der Waals surface area contributed by atoms with Gasteiger partial charge in [0.25, 0.3) is 0 Å². The summed E-state index contributed by atoms with van der Waals surface area (Å²) in [6.07, 6.45) is 0. The zero-order valence-corrected chi connectivity index (χ0v) is 23.4. The highest BCUT2D eigenvalue weighted by Crippen LogP contribution is 2.36. The van der Waals surface area contributed by atoms with Gasteiger partial charge in [-0.25, -0.2) is 0 Å². The summed E-state index contributed by atoms with van der Waals surface area (Å²) in [6, 6.07) is 34.0. The summed E-state index contributed by atoms with van der Waals surface area (Å²) in [5, 5.41) is 3.93. The maximum absolute atomic E-state index is 5.10. The number of pyridine rings is 1. The van der Waals surface area contributed by atoms with E-state index in [1.54, 1.807) is 0 Å². The number of benzene rings is 3. The number of hydrogen-bond acceptors (Lipinski definition) is 2. The molecule has 1 atom stereocenters. The fraction of sp³-hybridized carbons (Fsp3) is 0.324. The lowest BCUT2D eigenvalue weighted by Crippen LogP contribution is -2.17. The fourth-order valence-corrected chi connectivity index (χ4v) is 4.22. The van der Waals surface area contributed by atoms with Crippen LogP contribution in [-0.4, -0.2) is 4.98 Å². The number of rotatable bonds is 7. The lowest BCUT2D eigenvalue weighted by Gasteiger charge is -2.27. The Labute approximate surface area is 219 Å². The monoisotopic (exact) mass is 480 g/mol. The van der Waals surface area contributed by atoms with Gasteiger partial charge in [0.15, 0.2) is 0 Å². The Morgan fingerprint density at radius 3 is 1.58 bits per heavy atom. The molecular formula is C34H44N2. The minimum absolute atomic E-state index is 0.0442. The molecule has 0 aliphatic heterocycles. The summed E-state index contributed by atoms with van der Waals surface area (Å²) in [6.45, 7) is 17.0. The van der Waals surface area contributed by atoms with Crippen molar-refractivity contribution in [2.45, 2.75) is 73.3 Å².